The van der Waals surface area contributed by atoms with E-state index in [-0.39, 0.29) is 15.4 Å². The topological polar surface area (TPSA) is 76.7 Å². The first-order valence-corrected chi connectivity index (χ1v) is 7.96. The quantitative estimate of drug-likeness (QED) is 0.691. The molecule has 0 radical (unpaired) electrons. The van der Waals surface area contributed by atoms with Gasteiger partial charge in [0.2, 0.25) is 0 Å². The number of halogens is 2. The van der Waals surface area contributed by atoms with Crippen molar-refractivity contribution in [3.63, 3.8) is 0 Å². The number of aromatic nitrogens is 2. The van der Waals surface area contributed by atoms with Gasteiger partial charge < -0.3 is 9.94 Å². The average Bonchev–Trinajstić information content (AvgIpc) is 2.56. The summed E-state index contributed by atoms with van der Waals surface area (Å²) in [6.45, 7) is 1.85. The van der Waals surface area contributed by atoms with Crippen LogP contribution in [0.5, 0.6) is 5.75 Å². The summed E-state index contributed by atoms with van der Waals surface area (Å²) in [5, 5.41) is 10.2. The van der Waals surface area contributed by atoms with E-state index in [1.165, 1.54) is 19.5 Å². The van der Waals surface area contributed by atoms with Crippen LogP contribution in [0.2, 0.25) is 10.0 Å². The van der Waals surface area contributed by atoms with Crippen molar-refractivity contribution in [1.82, 2.24) is 9.71 Å². The SMILES string of the molecule is COc1ccc(C(=O)N=c2c(Cl)cn(O)cc2Cl)c2ccc(C)nc12. The van der Waals surface area contributed by atoms with Gasteiger partial charge >= 0.3 is 0 Å². The maximum Gasteiger partial charge on any atom is 0.278 e. The van der Waals surface area contributed by atoms with E-state index in [2.05, 4.69) is 9.98 Å². The van der Waals surface area contributed by atoms with Gasteiger partial charge in [-0.3, -0.25) is 4.79 Å². The second-order valence-electron chi connectivity index (χ2n) is 5.26. The third-order valence-electron chi connectivity index (χ3n) is 3.57. The minimum Gasteiger partial charge on any atom is -0.494 e. The predicted molar refractivity (Wildman–Crippen MR) is 94.6 cm³/mol. The maximum absolute atomic E-state index is 12.7. The smallest absolute Gasteiger partial charge is 0.278 e. The van der Waals surface area contributed by atoms with E-state index in [0.29, 0.717) is 26.9 Å². The Kier molecular flexibility index (Phi) is 4.65. The number of carbonyl (C=O) groups excluding carboxylic acids is 1. The number of fused-ring (bicyclic) bond motifs is 1. The molecule has 1 N–H and O–H groups in total. The molecule has 0 aliphatic heterocycles. The molecule has 0 aliphatic rings. The second kappa shape index (κ2) is 6.74. The highest BCUT2D eigenvalue weighted by molar-refractivity contribution is 6.34. The van der Waals surface area contributed by atoms with Gasteiger partial charge in [-0.15, -0.1) is 0 Å². The molecule has 3 rings (SSSR count). The molecule has 0 unspecified atom stereocenters. The fraction of sp³-hybridized carbons (Fsp3) is 0.118. The van der Waals surface area contributed by atoms with Gasteiger partial charge in [0.15, 0.2) is 0 Å². The van der Waals surface area contributed by atoms with Crippen molar-refractivity contribution in [3.8, 4) is 5.75 Å². The molecule has 2 aromatic heterocycles. The number of hydrogen-bond acceptors (Lipinski definition) is 4. The number of rotatable bonds is 2. The summed E-state index contributed by atoms with van der Waals surface area (Å²) in [4.78, 5) is 21.1. The van der Waals surface area contributed by atoms with Crippen LogP contribution in [-0.4, -0.2) is 27.9 Å². The van der Waals surface area contributed by atoms with Crippen LogP contribution >= 0.6 is 23.2 Å². The molecule has 6 nitrogen and oxygen atoms in total. The molecule has 0 saturated carbocycles. The third kappa shape index (κ3) is 3.31. The number of benzene rings is 1. The van der Waals surface area contributed by atoms with Crippen molar-refractivity contribution in [2.24, 2.45) is 4.99 Å². The lowest BCUT2D eigenvalue weighted by Crippen LogP contribution is -2.13. The van der Waals surface area contributed by atoms with Crippen molar-refractivity contribution in [2.75, 3.05) is 7.11 Å². The molecule has 25 heavy (non-hydrogen) atoms. The number of carbonyl (C=O) groups is 1. The molecular weight excluding hydrogens is 365 g/mol. The van der Waals surface area contributed by atoms with Crippen LogP contribution in [0.1, 0.15) is 16.1 Å². The van der Waals surface area contributed by atoms with Gasteiger partial charge in [0, 0.05) is 11.1 Å². The summed E-state index contributed by atoms with van der Waals surface area (Å²) in [5.74, 6) is 0.0325. The molecule has 3 aromatic rings. The Morgan fingerprint density at radius 2 is 1.88 bits per heavy atom. The largest absolute Gasteiger partial charge is 0.494 e. The van der Waals surface area contributed by atoms with E-state index in [1.54, 1.807) is 24.3 Å². The zero-order chi connectivity index (χ0) is 18.1. The predicted octanol–water partition coefficient (Wildman–Crippen LogP) is 3.64. The highest BCUT2D eigenvalue weighted by atomic mass is 35.5. The average molecular weight is 378 g/mol. The first kappa shape index (κ1) is 17.3. The third-order valence-corrected chi connectivity index (χ3v) is 4.12. The summed E-state index contributed by atoms with van der Waals surface area (Å²) in [6.07, 6.45) is 2.38. The molecule has 0 fully saturated rings. The first-order valence-electron chi connectivity index (χ1n) is 7.20. The van der Waals surface area contributed by atoms with Gasteiger partial charge in [-0.1, -0.05) is 29.3 Å². The second-order valence-corrected chi connectivity index (χ2v) is 6.08. The van der Waals surface area contributed by atoms with E-state index in [9.17, 15) is 10.0 Å². The lowest BCUT2D eigenvalue weighted by molar-refractivity contribution is 0.0999. The van der Waals surface area contributed by atoms with Gasteiger partial charge in [-0.05, 0) is 25.1 Å². The lowest BCUT2D eigenvalue weighted by Gasteiger charge is -2.08. The molecule has 128 valence electrons. The zero-order valence-corrected chi connectivity index (χ0v) is 14.8. The molecule has 1 aromatic carbocycles. The van der Waals surface area contributed by atoms with Gasteiger partial charge in [0.25, 0.3) is 5.91 Å². The van der Waals surface area contributed by atoms with Crippen LogP contribution in [0.25, 0.3) is 10.9 Å². The number of ether oxygens (including phenoxy) is 1. The first-order chi connectivity index (χ1) is 11.9. The van der Waals surface area contributed by atoms with Crippen LogP contribution in [-0.2, 0) is 0 Å². The number of nitrogens with zero attached hydrogens (tertiary/aromatic N) is 3. The van der Waals surface area contributed by atoms with Gasteiger partial charge in [0.05, 0.1) is 35.1 Å². The van der Waals surface area contributed by atoms with Crippen molar-refractivity contribution < 1.29 is 14.7 Å². The summed E-state index contributed by atoms with van der Waals surface area (Å²) < 4.78 is 6.01. The Hall–Kier alpha value is -2.57. The highest BCUT2D eigenvalue weighted by Gasteiger charge is 2.14. The number of pyridine rings is 2. The molecule has 0 spiro atoms. The maximum atomic E-state index is 12.7. The van der Waals surface area contributed by atoms with E-state index in [4.69, 9.17) is 27.9 Å². The van der Waals surface area contributed by atoms with Crippen molar-refractivity contribution >= 4 is 40.0 Å². The van der Waals surface area contributed by atoms with Crippen LogP contribution in [0.15, 0.2) is 41.7 Å². The molecule has 0 atom stereocenters. The molecule has 0 bridgehead atoms. The molecule has 1 amide bonds. The fourth-order valence-corrected chi connectivity index (χ4v) is 2.95. The van der Waals surface area contributed by atoms with Crippen LogP contribution in [0.3, 0.4) is 0 Å². The number of amides is 1. The monoisotopic (exact) mass is 377 g/mol. The van der Waals surface area contributed by atoms with Crippen LogP contribution in [0.4, 0.5) is 0 Å². The van der Waals surface area contributed by atoms with Gasteiger partial charge in [0.1, 0.15) is 16.6 Å². The van der Waals surface area contributed by atoms with Gasteiger partial charge in [-0.25, -0.2) is 9.98 Å². The summed E-state index contributed by atoms with van der Waals surface area (Å²) in [7, 11) is 1.54. The van der Waals surface area contributed by atoms with Gasteiger partial charge in [-0.2, -0.15) is 4.73 Å². The van der Waals surface area contributed by atoms with E-state index in [1.807, 2.05) is 6.92 Å². The fourth-order valence-electron chi connectivity index (χ4n) is 2.42. The zero-order valence-electron chi connectivity index (χ0n) is 13.3. The minimum atomic E-state index is -0.530. The van der Waals surface area contributed by atoms with Crippen molar-refractivity contribution in [1.29, 1.82) is 0 Å². The molecular formula is C17H13Cl2N3O3. The molecule has 2 heterocycles. The number of hydrogen-bond donors (Lipinski definition) is 1. The molecule has 8 heteroatoms. The molecule has 0 aliphatic carbocycles. The Labute approximate surface area is 152 Å². The lowest BCUT2D eigenvalue weighted by atomic mass is 10.1. The van der Waals surface area contributed by atoms with Crippen molar-refractivity contribution in [2.45, 2.75) is 6.92 Å². The molecule has 0 saturated heterocycles. The van der Waals surface area contributed by atoms with E-state index in [0.717, 1.165) is 5.69 Å². The Balaban J connectivity index is 2.21. The summed E-state index contributed by atoms with van der Waals surface area (Å²) in [6, 6.07) is 6.86. The van der Waals surface area contributed by atoms with E-state index < -0.39 is 5.91 Å². The number of methoxy groups -OCH3 is 1. The normalized spacial score (nSPS) is 10.7. The number of aryl methyl sites for hydroxylation is 1. The Morgan fingerprint density at radius 3 is 2.52 bits per heavy atom. The standard InChI is InChI=1S/C17H13Cl2N3O3/c1-9-3-4-10-11(5-6-14(25-2)15(10)20-9)17(23)21-16-12(18)7-22(24)8-13(16)19/h3-8,24H,1-2H3. The van der Waals surface area contributed by atoms with Crippen molar-refractivity contribution in [3.05, 3.63) is 63.3 Å². The Bertz CT molecular complexity index is 1030. The highest BCUT2D eigenvalue weighted by Crippen LogP contribution is 2.27. The summed E-state index contributed by atoms with van der Waals surface area (Å²) in [5.41, 5.74) is 1.71. The minimum absolute atomic E-state index is 0.0511. The summed E-state index contributed by atoms with van der Waals surface area (Å²) >= 11 is 12.0. The van der Waals surface area contributed by atoms with Crippen LogP contribution in [0, 0.1) is 6.92 Å². The van der Waals surface area contributed by atoms with Crippen LogP contribution < -0.4 is 10.1 Å². The Morgan fingerprint density at radius 1 is 1.20 bits per heavy atom. The van der Waals surface area contributed by atoms with E-state index >= 15 is 0 Å².